The summed E-state index contributed by atoms with van der Waals surface area (Å²) in [6.07, 6.45) is 1.31. The van der Waals surface area contributed by atoms with Crippen molar-refractivity contribution >= 4 is 17.4 Å². The van der Waals surface area contributed by atoms with Gasteiger partial charge >= 0.3 is 0 Å². The SMILES string of the molecule is CN(Cc1cccc(C#N)c1)c1nc[nH]c(=O)c1Cl. The molecule has 0 atom stereocenters. The maximum atomic E-state index is 11.4. The molecule has 0 aliphatic rings. The van der Waals surface area contributed by atoms with E-state index in [1.54, 1.807) is 24.1 Å². The topological polar surface area (TPSA) is 72.8 Å². The number of aromatic nitrogens is 2. The van der Waals surface area contributed by atoms with E-state index in [9.17, 15) is 4.79 Å². The van der Waals surface area contributed by atoms with Crippen molar-refractivity contribution in [1.29, 1.82) is 5.26 Å². The third-order valence-electron chi connectivity index (χ3n) is 2.62. The molecule has 0 aliphatic heterocycles. The van der Waals surface area contributed by atoms with Gasteiger partial charge in [0, 0.05) is 13.6 Å². The normalized spacial score (nSPS) is 9.95. The number of nitriles is 1. The molecule has 0 amide bonds. The first-order chi connectivity index (χ1) is 9.11. The maximum Gasteiger partial charge on any atom is 0.271 e. The van der Waals surface area contributed by atoms with E-state index in [2.05, 4.69) is 16.0 Å². The zero-order chi connectivity index (χ0) is 13.8. The van der Waals surface area contributed by atoms with Gasteiger partial charge in [0.2, 0.25) is 0 Å². The third-order valence-corrected chi connectivity index (χ3v) is 2.96. The first-order valence-corrected chi connectivity index (χ1v) is 5.93. The quantitative estimate of drug-likeness (QED) is 0.928. The fraction of sp³-hybridized carbons (Fsp3) is 0.154. The third kappa shape index (κ3) is 2.92. The van der Waals surface area contributed by atoms with E-state index >= 15 is 0 Å². The summed E-state index contributed by atoms with van der Waals surface area (Å²) in [5, 5.41) is 8.91. The number of nitrogens with zero attached hydrogens (tertiary/aromatic N) is 3. The van der Waals surface area contributed by atoms with E-state index in [1.807, 2.05) is 12.1 Å². The molecule has 0 saturated carbocycles. The summed E-state index contributed by atoms with van der Waals surface area (Å²) in [4.78, 5) is 19.6. The van der Waals surface area contributed by atoms with Crippen molar-refractivity contribution in [1.82, 2.24) is 9.97 Å². The summed E-state index contributed by atoms with van der Waals surface area (Å²) in [5.41, 5.74) is 1.17. The van der Waals surface area contributed by atoms with Crippen LogP contribution in [0.5, 0.6) is 0 Å². The predicted octanol–water partition coefficient (Wildman–Crippen LogP) is 1.93. The van der Waals surface area contributed by atoms with Gasteiger partial charge < -0.3 is 9.88 Å². The average Bonchev–Trinajstić information content (AvgIpc) is 2.42. The summed E-state index contributed by atoms with van der Waals surface area (Å²) < 4.78 is 0. The predicted molar refractivity (Wildman–Crippen MR) is 73.1 cm³/mol. The molecule has 0 radical (unpaired) electrons. The second-order valence-electron chi connectivity index (χ2n) is 4.04. The van der Waals surface area contributed by atoms with Crippen molar-refractivity contribution < 1.29 is 0 Å². The van der Waals surface area contributed by atoms with E-state index in [1.165, 1.54) is 6.33 Å². The summed E-state index contributed by atoms with van der Waals surface area (Å²) in [6.45, 7) is 0.506. The van der Waals surface area contributed by atoms with Crippen LogP contribution in [-0.4, -0.2) is 17.0 Å². The molecule has 0 bridgehead atoms. The molecule has 2 aromatic rings. The molecule has 1 heterocycles. The smallest absolute Gasteiger partial charge is 0.271 e. The number of anilines is 1. The van der Waals surface area contributed by atoms with Crippen molar-refractivity contribution in [3.63, 3.8) is 0 Å². The number of aromatic amines is 1. The van der Waals surface area contributed by atoms with E-state index in [0.29, 0.717) is 17.9 Å². The molecule has 0 unspecified atom stereocenters. The van der Waals surface area contributed by atoms with Gasteiger partial charge in [-0.05, 0) is 17.7 Å². The highest BCUT2D eigenvalue weighted by molar-refractivity contribution is 6.32. The summed E-state index contributed by atoms with van der Waals surface area (Å²) >= 11 is 5.91. The van der Waals surface area contributed by atoms with Gasteiger partial charge in [-0.25, -0.2) is 4.98 Å². The van der Waals surface area contributed by atoms with Crippen LogP contribution in [0, 0.1) is 11.3 Å². The second-order valence-corrected chi connectivity index (χ2v) is 4.42. The number of H-pyrrole nitrogens is 1. The van der Waals surface area contributed by atoms with Crippen LogP contribution in [0.2, 0.25) is 5.02 Å². The molecule has 96 valence electrons. The van der Waals surface area contributed by atoms with Crippen LogP contribution in [0.15, 0.2) is 35.4 Å². The summed E-state index contributed by atoms with van der Waals surface area (Å²) in [6, 6.07) is 9.33. The Morgan fingerprint density at radius 3 is 3.05 bits per heavy atom. The number of rotatable bonds is 3. The Bertz CT molecular complexity index is 690. The van der Waals surface area contributed by atoms with E-state index in [4.69, 9.17) is 16.9 Å². The Kier molecular flexibility index (Phi) is 3.83. The number of nitrogens with one attached hydrogen (secondary N) is 1. The zero-order valence-electron chi connectivity index (χ0n) is 10.2. The summed E-state index contributed by atoms with van der Waals surface area (Å²) in [7, 11) is 1.78. The molecule has 6 heteroatoms. The average molecular weight is 275 g/mol. The highest BCUT2D eigenvalue weighted by Gasteiger charge is 2.11. The monoisotopic (exact) mass is 274 g/mol. The van der Waals surface area contributed by atoms with Gasteiger partial charge in [-0.1, -0.05) is 23.7 Å². The van der Waals surface area contributed by atoms with Gasteiger partial charge in [0.1, 0.15) is 5.02 Å². The highest BCUT2D eigenvalue weighted by Crippen LogP contribution is 2.19. The van der Waals surface area contributed by atoms with Crippen LogP contribution >= 0.6 is 11.6 Å². The Balaban J connectivity index is 2.26. The largest absolute Gasteiger partial charge is 0.354 e. The first kappa shape index (κ1) is 13.1. The molecule has 1 N–H and O–H groups in total. The van der Waals surface area contributed by atoms with Crippen molar-refractivity contribution in [2.75, 3.05) is 11.9 Å². The molecule has 0 fully saturated rings. The number of benzene rings is 1. The fourth-order valence-electron chi connectivity index (χ4n) is 1.73. The molecule has 1 aromatic carbocycles. The van der Waals surface area contributed by atoms with Crippen LogP contribution < -0.4 is 10.5 Å². The van der Waals surface area contributed by atoms with Crippen molar-refractivity contribution in [2.24, 2.45) is 0 Å². The van der Waals surface area contributed by atoms with Gasteiger partial charge in [0.25, 0.3) is 5.56 Å². The van der Waals surface area contributed by atoms with E-state index in [0.717, 1.165) is 5.56 Å². The van der Waals surface area contributed by atoms with Gasteiger partial charge in [-0.3, -0.25) is 4.79 Å². The highest BCUT2D eigenvalue weighted by atomic mass is 35.5. The first-order valence-electron chi connectivity index (χ1n) is 5.55. The minimum Gasteiger partial charge on any atom is -0.354 e. The van der Waals surface area contributed by atoms with Gasteiger partial charge in [0.05, 0.1) is 18.0 Å². The van der Waals surface area contributed by atoms with Crippen molar-refractivity contribution in [3.05, 3.63) is 57.1 Å². The molecule has 19 heavy (non-hydrogen) atoms. The minimum atomic E-state index is -0.371. The van der Waals surface area contributed by atoms with E-state index < -0.39 is 0 Å². The summed E-state index contributed by atoms with van der Waals surface area (Å²) in [5.74, 6) is 0.410. The lowest BCUT2D eigenvalue weighted by Gasteiger charge is -2.18. The lowest BCUT2D eigenvalue weighted by atomic mass is 10.1. The lowest BCUT2D eigenvalue weighted by Crippen LogP contribution is -2.21. The Morgan fingerprint density at radius 2 is 2.32 bits per heavy atom. The molecule has 0 aliphatic carbocycles. The van der Waals surface area contributed by atoms with Crippen LogP contribution in [0.3, 0.4) is 0 Å². The van der Waals surface area contributed by atoms with Crippen LogP contribution in [0.1, 0.15) is 11.1 Å². The minimum absolute atomic E-state index is 0.0569. The van der Waals surface area contributed by atoms with Gasteiger partial charge in [-0.15, -0.1) is 0 Å². The number of hydrogen-bond donors (Lipinski definition) is 1. The fourth-order valence-corrected chi connectivity index (χ4v) is 1.98. The zero-order valence-corrected chi connectivity index (χ0v) is 11.0. The van der Waals surface area contributed by atoms with E-state index in [-0.39, 0.29) is 10.6 Å². The van der Waals surface area contributed by atoms with Gasteiger partial charge in [0.15, 0.2) is 5.82 Å². The molecule has 2 rings (SSSR count). The van der Waals surface area contributed by atoms with Crippen molar-refractivity contribution in [3.8, 4) is 6.07 Å². The molecular weight excluding hydrogens is 264 g/mol. The number of halogens is 1. The Labute approximate surface area is 115 Å². The molecule has 0 saturated heterocycles. The lowest BCUT2D eigenvalue weighted by molar-refractivity contribution is 0.886. The standard InChI is InChI=1S/C13H11ClN4O/c1-18(12-11(14)13(19)17-8-16-12)7-10-4-2-3-9(5-10)6-15/h2-5,8H,7H2,1H3,(H,16,17,19). The van der Waals surface area contributed by atoms with Gasteiger partial charge in [-0.2, -0.15) is 5.26 Å². The second kappa shape index (κ2) is 5.55. The van der Waals surface area contributed by atoms with Crippen LogP contribution in [0.25, 0.3) is 0 Å². The van der Waals surface area contributed by atoms with Crippen LogP contribution in [0.4, 0.5) is 5.82 Å². The molecule has 1 aromatic heterocycles. The van der Waals surface area contributed by atoms with Crippen molar-refractivity contribution in [2.45, 2.75) is 6.54 Å². The Morgan fingerprint density at radius 1 is 1.53 bits per heavy atom. The Hall–Kier alpha value is -2.32. The maximum absolute atomic E-state index is 11.4. The molecule has 5 nitrogen and oxygen atoms in total. The molecular formula is C13H11ClN4O. The molecule has 0 spiro atoms. The van der Waals surface area contributed by atoms with Crippen LogP contribution in [-0.2, 0) is 6.54 Å². The number of hydrogen-bond acceptors (Lipinski definition) is 4.